The number of hydrogen-bond acceptors (Lipinski definition) is 6. The van der Waals surface area contributed by atoms with Gasteiger partial charge in [-0.05, 0) is 25.1 Å². The first-order chi connectivity index (χ1) is 13.1. The summed E-state index contributed by atoms with van der Waals surface area (Å²) in [4.78, 5) is 36.4. The summed E-state index contributed by atoms with van der Waals surface area (Å²) in [5.41, 5.74) is 1.18. The van der Waals surface area contributed by atoms with Gasteiger partial charge in [-0.1, -0.05) is 12.1 Å². The normalized spacial score (nSPS) is 14.6. The number of ketones is 1. The largest absolute Gasteiger partial charge is 0.338 e. The van der Waals surface area contributed by atoms with E-state index >= 15 is 0 Å². The third-order valence-corrected chi connectivity index (χ3v) is 4.45. The van der Waals surface area contributed by atoms with Gasteiger partial charge >= 0.3 is 6.03 Å². The Balaban J connectivity index is 1.37. The van der Waals surface area contributed by atoms with E-state index in [4.69, 9.17) is 0 Å². The monoisotopic (exact) mass is 368 g/mol. The van der Waals surface area contributed by atoms with E-state index in [2.05, 4.69) is 30.4 Å². The number of piperazine rings is 1. The van der Waals surface area contributed by atoms with Crippen LogP contribution in [0.2, 0.25) is 0 Å². The van der Waals surface area contributed by atoms with Crippen molar-refractivity contribution in [2.24, 2.45) is 0 Å². The number of nitrogens with one attached hydrogen (secondary N) is 2. The standard InChI is InChI=1S/C19H24N6O2/c1-15(26)16-4-2-5-17(14-16)23-19(27)22-8-9-24-10-12-25(13-11-24)18-20-6-3-7-21-18/h2-7,14H,8-13H2,1H3,(H2,22,23,27). The van der Waals surface area contributed by atoms with Gasteiger partial charge in [0.2, 0.25) is 5.95 Å². The Morgan fingerprint density at radius 2 is 1.81 bits per heavy atom. The summed E-state index contributed by atoms with van der Waals surface area (Å²) >= 11 is 0. The molecule has 0 spiro atoms. The SMILES string of the molecule is CC(=O)c1cccc(NC(=O)NCCN2CCN(c3ncccn3)CC2)c1. The first kappa shape index (κ1) is 18.8. The van der Waals surface area contributed by atoms with Crippen molar-refractivity contribution in [3.8, 4) is 0 Å². The summed E-state index contributed by atoms with van der Waals surface area (Å²) < 4.78 is 0. The molecule has 2 aromatic rings. The summed E-state index contributed by atoms with van der Waals surface area (Å²) in [6.07, 6.45) is 3.51. The Bertz CT molecular complexity index is 775. The second-order valence-corrected chi connectivity index (χ2v) is 6.40. The van der Waals surface area contributed by atoms with Crippen LogP contribution in [0.1, 0.15) is 17.3 Å². The quantitative estimate of drug-likeness (QED) is 0.753. The molecule has 2 heterocycles. The van der Waals surface area contributed by atoms with Crippen molar-refractivity contribution in [1.82, 2.24) is 20.2 Å². The Labute approximate surface area is 158 Å². The third-order valence-electron chi connectivity index (χ3n) is 4.45. The summed E-state index contributed by atoms with van der Waals surface area (Å²) in [6, 6.07) is 8.46. The second kappa shape index (κ2) is 9.09. The summed E-state index contributed by atoms with van der Waals surface area (Å²) in [5.74, 6) is 0.738. The van der Waals surface area contributed by atoms with Crippen LogP contribution >= 0.6 is 0 Å². The fourth-order valence-electron chi connectivity index (χ4n) is 2.94. The molecule has 0 bridgehead atoms. The van der Waals surface area contributed by atoms with E-state index in [9.17, 15) is 9.59 Å². The van der Waals surface area contributed by atoms with Gasteiger partial charge in [-0.3, -0.25) is 9.69 Å². The molecule has 0 radical (unpaired) electrons. The molecule has 1 fully saturated rings. The van der Waals surface area contributed by atoms with E-state index in [0.717, 1.165) is 38.7 Å². The van der Waals surface area contributed by atoms with Gasteiger partial charge in [0.25, 0.3) is 0 Å². The molecule has 8 heteroatoms. The Morgan fingerprint density at radius 3 is 2.52 bits per heavy atom. The van der Waals surface area contributed by atoms with E-state index < -0.39 is 0 Å². The van der Waals surface area contributed by atoms with Gasteiger partial charge in [-0.15, -0.1) is 0 Å². The van der Waals surface area contributed by atoms with E-state index in [1.165, 1.54) is 6.92 Å². The van der Waals surface area contributed by atoms with E-state index in [-0.39, 0.29) is 11.8 Å². The number of carbonyl (C=O) groups excluding carboxylic acids is 2. The predicted octanol–water partition coefficient (Wildman–Crippen LogP) is 1.62. The van der Waals surface area contributed by atoms with E-state index in [1.54, 1.807) is 36.7 Å². The molecule has 0 aliphatic carbocycles. The molecule has 0 saturated carbocycles. The van der Waals surface area contributed by atoms with Crippen molar-refractivity contribution in [1.29, 1.82) is 0 Å². The second-order valence-electron chi connectivity index (χ2n) is 6.40. The molecule has 1 saturated heterocycles. The topological polar surface area (TPSA) is 90.5 Å². The van der Waals surface area contributed by atoms with Crippen molar-refractivity contribution in [2.45, 2.75) is 6.92 Å². The van der Waals surface area contributed by atoms with Crippen LogP contribution in [0.25, 0.3) is 0 Å². The highest BCUT2D eigenvalue weighted by Crippen LogP contribution is 2.11. The lowest BCUT2D eigenvalue weighted by Crippen LogP contribution is -2.49. The predicted molar refractivity (Wildman–Crippen MR) is 104 cm³/mol. The molecule has 27 heavy (non-hydrogen) atoms. The molecular formula is C19H24N6O2. The zero-order valence-corrected chi connectivity index (χ0v) is 15.4. The highest BCUT2D eigenvalue weighted by atomic mass is 16.2. The fraction of sp³-hybridized carbons (Fsp3) is 0.368. The van der Waals surface area contributed by atoms with Gasteiger partial charge in [-0.25, -0.2) is 14.8 Å². The molecule has 3 rings (SSSR count). The third kappa shape index (κ3) is 5.49. The number of anilines is 2. The number of Topliss-reactive ketones (excluding diaryl/α,β-unsaturated/α-hetero) is 1. The number of amides is 2. The minimum absolute atomic E-state index is 0.0286. The number of nitrogens with zero attached hydrogens (tertiary/aromatic N) is 4. The van der Waals surface area contributed by atoms with Crippen LogP contribution in [0.5, 0.6) is 0 Å². The minimum atomic E-state index is -0.271. The summed E-state index contributed by atoms with van der Waals surface area (Å²) in [5, 5.41) is 5.61. The highest BCUT2D eigenvalue weighted by Gasteiger charge is 2.18. The molecule has 8 nitrogen and oxygen atoms in total. The molecule has 142 valence electrons. The maximum absolute atomic E-state index is 12.0. The van der Waals surface area contributed by atoms with Gasteiger partial charge < -0.3 is 15.5 Å². The lowest BCUT2D eigenvalue weighted by Gasteiger charge is -2.34. The minimum Gasteiger partial charge on any atom is -0.338 e. The molecule has 0 unspecified atom stereocenters. The van der Waals surface area contributed by atoms with Crippen molar-refractivity contribution < 1.29 is 9.59 Å². The molecule has 1 aromatic carbocycles. The van der Waals surface area contributed by atoms with Crippen LogP contribution in [0.4, 0.5) is 16.4 Å². The van der Waals surface area contributed by atoms with E-state index in [1.807, 2.05) is 6.07 Å². The lowest BCUT2D eigenvalue weighted by molar-refractivity contribution is 0.101. The average molecular weight is 368 g/mol. The molecule has 2 N–H and O–H groups in total. The van der Waals surface area contributed by atoms with Crippen molar-refractivity contribution >= 4 is 23.5 Å². The summed E-state index contributed by atoms with van der Waals surface area (Å²) in [6.45, 7) is 6.39. The maximum Gasteiger partial charge on any atom is 0.319 e. The van der Waals surface area contributed by atoms with Gasteiger partial charge in [0.15, 0.2) is 5.78 Å². The van der Waals surface area contributed by atoms with Crippen LogP contribution in [0.15, 0.2) is 42.7 Å². The molecule has 0 atom stereocenters. The molecule has 1 aliphatic rings. The van der Waals surface area contributed by atoms with Gasteiger partial charge in [0, 0.05) is 62.9 Å². The Kier molecular flexibility index (Phi) is 6.32. The zero-order chi connectivity index (χ0) is 19.1. The Hall–Kier alpha value is -3.00. The fourth-order valence-corrected chi connectivity index (χ4v) is 2.94. The van der Waals surface area contributed by atoms with Gasteiger partial charge in [0.1, 0.15) is 0 Å². The van der Waals surface area contributed by atoms with Crippen LogP contribution in [-0.2, 0) is 0 Å². The maximum atomic E-state index is 12.0. The number of urea groups is 1. The molecular weight excluding hydrogens is 344 g/mol. The van der Waals surface area contributed by atoms with E-state index in [0.29, 0.717) is 17.8 Å². The van der Waals surface area contributed by atoms with Crippen LogP contribution in [-0.4, -0.2) is 66.0 Å². The van der Waals surface area contributed by atoms with Crippen LogP contribution < -0.4 is 15.5 Å². The first-order valence-corrected chi connectivity index (χ1v) is 9.02. The highest BCUT2D eigenvalue weighted by molar-refractivity contribution is 5.96. The average Bonchev–Trinajstić information content (AvgIpc) is 2.69. The van der Waals surface area contributed by atoms with Gasteiger partial charge in [0.05, 0.1) is 0 Å². The number of hydrogen-bond donors (Lipinski definition) is 2. The van der Waals surface area contributed by atoms with Crippen LogP contribution in [0, 0.1) is 0 Å². The number of benzene rings is 1. The number of aromatic nitrogens is 2. The van der Waals surface area contributed by atoms with Crippen molar-refractivity contribution in [2.75, 3.05) is 49.5 Å². The molecule has 2 amide bonds. The smallest absolute Gasteiger partial charge is 0.319 e. The van der Waals surface area contributed by atoms with Crippen molar-refractivity contribution in [3.05, 3.63) is 48.3 Å². The lowest BCUT2D eigenvalue weighted by atomic mass is 10.1. The first-order valence-electron chi connectivity index (χ1n) is 9.02. The number of rotatable bonds is 6. The summed E-state index contributed by atoms with van der Waals surface area (Å²) in [7, 11) is 0. The molecule has 1 aromatic heterocycles. The zero-order valence-electron chi connectivity index (χ0n) is 15.4. The molecule has 1 aliphatic heterocycles. The number of carbonyl (C=O) groups is 2. The van der Waals surface area contributed by atoms with Crippen LogP contribution in [0.3, 0.4) is 0 Å². The Morgan fingerprint density at radius 1 is 1.07 bits per heavy atom. The van der Waals surface area contributed by atoms with Gasteiger partial charge in [-0.2, -0.15) is 0 Å². The van der Waals surface area contributed by atoms with Crippen molar-refractivity contribution in [3.63, 3.8) is 0 Å².